The van der Waals surface area contributed by atoms with Gasteiger partial charge in [-0.3, -0.25) is 9.69 Å². The molecule has 0 saturated heterocycles. The molecule has 0 bridgehead atoms. The molecule has 2 N–H and O–H groups in total. The molecule has 0 saturated carbocycles. The zero-order valence-corrected chi connectivity index (χ0v) is 20.2. The van der Waals surface area contributed by atoms with Gasteiger partial charge in [-0.15, -0.1) is 11.3 Å². The lowest BCUT2D eigenvalue weighted by atomic mass is 9.69. The van der Waals surface area contributed by atoms with Gasteiger partial charge in [0.15, 0.2) is 5.78 Å². The number of nitrogens with zero attached hydrogens (tertiary/aromatic N) is 2. The minimum Gasteiger partial charge on any atom is -0.384 e. The van der Waals surface area contributed by atoms with E-state index < -0.39 is 5.92 Å². The SMILES string of the molecule is CC1(C)CC(=O)C2=C(C1)N(c1cccc(Cl)c1Cl)C(N)=C(C#N)C2c1ccc(Br)s1. The number of thiophene rings is 1. The van der Waals surface area contributed by atoms with E-state index in [4.69, 9.17) is 28.9 Å². The number of ketones is 1. The van der Waals surface area contributed by atoms with E-state index in [0.29, 0.717) is 39.7 Å². The number of Topliss-reactive ketones (excluding diaryl/α,β-unsaturated/α-hetero) is 1. The van der Waals surface area contributed by atoms with Crippen molar-refractivity contribution in [3.8, 4) is 6.07 Å². The van der Waals surface area contributed by atoms with Gasteiger partial charge < -0.3 is 5.73 Å². The number of carbonyl (C=O) groups is 1. The van der Waals surface area contributed by atoms with Gasteiger partial charge in [0.2, 0.25) is 0 Å². The highest BCUT2D eigenvalue weighted by molar-refractivity contribution is 9.11. The Morgan fingerprint density at radius 1 is 1.27 bits per heavy atom. The first kappa shape index (κ1) is 21.5. The average molecular weight is 523 g/mol. The van der Waals surface area contributed by atoms with E-state index in [-0.39, 0.29) is 17.0 Å². The zero-order valence-electron chi connectivity index (χ0n) is 16.3. The molecular weight excluding hydrogens is 505 g/mol. The Labute approximate surface area is 197 Å². The summed E-state index contributed by atoms with van der Waals surface area (Å²) in [5.74, 6) is -0.182. The van der Waals surface area contributed by atoms with Crippen molar-refractivity contribution >= 4 is 61.9 Å². The summed E-state index contributed by atoms with van der Waals surface area (Å²) in [5.41, 5.74) is 8.65. The van der Waals surface area contributed by atoms with Crippen LogP contribution in [0.3, 0.4) is 0 Å². The molecule has 0 fully saturated rings. The second-order valence-corrected chi connectivity index (χ2v) is 11.5. The Balaban J connectivity index is 2.03. The monoisotopic (exact) mass is 521 g/mol. The van der Waals surface area contributed by atoms with Crippen molar-refractivity contribution in [2.24, 2.45) is 11.1 Å². The van der Waals surface area contributed by atoms with Gasteiger partial charge in [0, 0.05) is 22.6 Å². The van der Waals surface area contributed by atoms with Crippen molar-refractivity contribution in [3.05, 3.63) is 71.7 Å². The lowest BCUT2D eigenvalue weighted by Crippen LogP contribution is -2.42. The standard InChI is InChI=1S/C22H18BrCl2N3OS/c1-22(2)8-14-19(15(29)9-22)18(16-6-7-17(23)30-16)11(10-26)21(27)28(14)13-5-3-4-12(24)20(13)25/h3-7,18H,8-9,27H2,1-2H3. The quantitative estimate of drug-likeness (QED) is 0.473. The first-order valence-electron chi connectivity index (χ1n) is 9.30. The molecule has 154 valence electrons. The topological polar surface area (TPSA) is 70.1 Å². The minimum atomic E-state index is -0.487. The summed E-state index contributed by atoms with van der Waals surface area (Å²) in [4.78, 5) is 16.1. The molecule has 1 unspecified atom stereocenters. The maximum atomic E-state index is 13.4. The second kappa shape index (κ2) is 7.72. The van der Waals surface area contributed by atoms with Crippen LogP contribution in [0.4, 0.5) is 5.69 Å². The molecule has 4 rings (SSSR count). The first-order chi connectivity index (χ1) is 14.1. The lowest BCUT2D eigenvalue weighted by Gasteiger charge is -2.43. The summed E-state index contributed by atoms with van der Waals surface area (Å²) < 4.78 is 0.930. The smallest absolute Gasteiger partial charge is 0.162 e. The lowest BCUT2D eigenvalue weighted by molar-refractivity contribution is -0.118. The van der Waals surface area contributed by atoms with Crippen molar-refractivity contribution in [1.82, 2.24) is 0 Å². The van der Waals surface area contributed by atoms with Gasteiger partial charge in [-0.05, 0) is 52.0 Å². The number of allylic oxidation sites excluding steroid dienone is 3. The van der Waals surface area contributed by atoms with E-state index in [1.807, 2.05) is 12.1 Å². The number of hydrogen-bond acceptors (Lipinski definition) is 5. The van der Waals surface area contributed by atoms with E-state index in [2.05, 4.69) is 35.8 Å². The number of rotatable bonds is 2. The van der Waals surface area contributed by atoms with E-state index >= 15 is 0 Å². The fourth-order valence-electron chi connectivity index (χ4n) is 4.22. The maximum absolute atomic E-state index is 13.4. The van der Waals surface area contributed by atoms with E-state index in [1.165, 1.54) is 11.3 Å². The molecule has 1 aliphatic carbocycles. The molecule has 1 aliphatic heterocycles. The molecule has 0 amide bonds. The molecule has 0 spiro atoms. The average Bonchev–Trinajstić information content (AvgIpc) is 3.09. The first-order valence-corrected chi connectivity index (χ1v) is 11.7. The van der Waals surface area contributed by atoms with E-state index in [0.717, 1.165) is 14.4 Å². The predicted octanol–water partition coefficient (Wildman–Crippen LogP) is 6.76. The molecule has 8 heteroatoms. The molecule has 1 aromatic heterocycles. The van der Waals surface area contributed by atoms with Gasteiger partial charge >= 0.3 is 0 Å². The van der Waals surface area contributed by atoms with Crippen LogP contribution in [0.5, 0.6) is 0 Å². The highest BCUT2D eigenvalue weighted by Crippen LogP contribution is 2.52. The number of benzene rings is 1. The number of halogens is 3. The molecule has 1 aromatic carbocycles. The van der Waals surface area contributed by atoms with Crippen LogP contribution in [0.1, 0.15) is 37.5 Å². The Bertz CT molecular complexity index is 1180. The van der Waals surface area contributed by atoms with Gasteiger partial charge in [-0.25, -0.2) is 0 Å². The van der Waals surface area contributed by atoms with Gasteiger partial charge in [-0.1, -0.05) is 43.1 Å². The molecule has 2 heterocycles. The summed E-state index contributed by atoms with van der Waals surface area (Å²) in [6, 6.07) is 11.4. The summed E-state index contributed by atoms with van der Waals surface area (Å²) >= 11 is 17.8. The van der Waals surface area contributed by atoms with Gasteiger partial charge in [0.25, 0.3) is 0 Å². The van der Waals surface area contributed by atoms with Crippen molar-refractivity contribution in [1.29, 1.82) is 5.26 Å². The third kappa shape index (κ3) is 3.48. The van der Waals surface area contributed by atoms with Crippen LogP contribution >= 0.6 is 50.5 Å². The summed E-state index contributed by atoms with van der Waals surface area (Å²) in [6.07, 6.45) is 1.03. The Hall–Kier alpha value is -1.78. The highest BCUT2D eigenvalue weighted by atomic mass is 79.9. The van der Waals surface area contributed by atoms with E-state index in [1.54, 1.807) is 23.1 Å². The van der Waals surface area contributed by atoms with Crippen LogP contribution in [-0.4, -0.2) is 5.78 Å². The maximum Gasteiger partial charge on any atom is 0.162 e. The van der Waals surface area contributed by atoms with Crippen LogP contribution in [0, 0.1) is 16.7 Å². The third-order valence-corrected chi connectivity index (χ3v) is 7.93. The van der Waals surface area contributed by atoms with Crippen molar-refractivity contribution in [2.45, 2.75) is 32.6 Å². The molecular formula is C22H18BrCl2N3OS. The minimum absolute atomic E-state index is 0.0270. The van der Waals surface area contributed by atoms with Crippen LogP contribution < -0.4 is 10.6 Å². The van der Waals surface area contributed by atoms with Crippen LogP contribution in [0.2, 0.25) is 10.0 Å². The van der Waals surface area contributed by atoms with Crippen molar-refractivity contribution in [2.75, 3.05) is 4.90 Å². The van der Waals surface area contributed by atoms with Crippen LogP contribution in [0.25, 0.3) is 0 Å². The van der Waals surface area contributed by atoms with Crippen molar-refractivity contribution < 1.29 is 4.79 Å². The zero-order chi connectivity index (χ0) is 21.8. The fraction of sp³-hybridized carbons (Fsp3) is 0.273. The molecule has 2 aromatic rings. The number of nitriles is 1. The largest absolute Gasteiger partial charge is 0.384 e. The van der Waals surface area contributed by atoms with Gasteiger partial charge in [0.05, 0.1) is 37.1 Å². The molecule has 2 aliphatic rings. The van der Waals surface area contributed by atoms with Gasteiger partial charge in [-0.2, -0.15) is 5.26 Å². The van der Waals surface area contributed by atoms with Crippen LogP contribution in [-0.2, 0) is 4.79 Å². The van der Waals surface area contributed by atoms with Crippen LogP contribution in [0.15, 0.2) is 56.8 Å². The molecule has 4 nitrogen and oxygen atoms in total. The fourth-order valence-corrected chi connectivity index (χ4v) is 6.14. The second-order valence-electron chi connectivity index (χ2n) is 8.20. The number of anilines is 1. The Morgan fingerprint density at radius 2 is 2.00 bits per heavy atom. The number of carbonyl (C=O) groups excluding carboxylic acids is 1. The third-order valence-electron chi connectivity index (χ3n) is 5.43. The number of nitrogens with two attached hydrogens (primary N) is 1. The van der Waals surface area contributed by atoms with Crippen molar-refractivity contribution in [3.63, 3.8) is 0 Å². The Morgan fingerprint density at radius 3 is 2.63 bits per heavy atom. The normalized spacial score (nSPS) is 21.0. The van der Waals surface area contributed by atoms with Gasteiger partial charge in [0.1, 0.15) is 5.82 Å². The molecule has 0 radical (unpaired) electrons. The molecule has 30 heavy (non-hydrogen) atoms. The Kier molecular flexibility index (Phi) is 5.52. The molecule has 1 atom stereocenters. The summed E-state index contributed by atoms with van der Waals surface area (Å²) in [6.45, 7) is 4.12. The highest BCUT2D eigenvalue weighted by Gasteiger charge is 2.45. The number of hydrogen-bond donors (Lipinski definition) is 1. The predicted molar refractivity (Wildman–Crippen MR) is 126 cm³/mol. The van der Waals surface area contributed by atoms with E-state index in [9.17, 15) is 10.1 Å². The summed E-state index contributed by atoms with van der Waals surface area (Å²) in [5, 5.41) is 10.8. The summed E-state index contributed by atoms with van der Waals surface area (Å²) in [7, 11) is 0.